The second kappa shape index (κ2) is 8.20. The van der Waals surface area contributed by atoms with E-state index in [-0.39, 0.29) is 11.5 Å². The minimum absolute atomic E-state index is 0.223. The summed E-state index contributed by atoms with van der Waals surface area (Å²) in [5.41, 5.74) is 4.23. The SMILES string of the molecule is CCC1=C(OCc2cc(Cl)cc3c2OC(C)(C)C3)CCC(CC(C)C(=O)O)=C1. The summed E-state index contributed by atoms with van der Waals surface area (Å²) in [4.78, 5) is 11.1. The molecule has 0 spiro atoms. The van der Waals surface area contributed by atoms with Crippen molar-refractivity contribution in [1.82, 2.24) is 0 Å². The van der Waals surface area contributed by atoms with Gasteiger partial charge < -0.3 is 14.6 Å². The van der Waals surface area contributed by atoms with Crippen LogP contribution in [0.3, 0.4) is 0 Å². The van der Waals surface area contributed by atoms with Gasteiger partial charge in [-0.2, -0.15) is 0 Å². The third kappa shape index (κ3) is 4.72. The number of carboxylic acids is 1. The predicted octanol–water partition coefficient (Wildman–Crippen LogP) is 6.07. The lowest BCUT2D eigenvalue weighted by Crippen LogP contribution is -2.24. The van der Waals surface area contributed by atoms with Crippen molar-refractivity contribution in [2.24, 2.45) is 5.92 Å². The van der Waals surface area contributed by atoms with Gasteiger partial charge in [-0.25, -0.2) is 0 Å². The van der Waals surface area contributed by atoms with E-state index >= 15 is 0 Å². The standard InChI is InChI=1S/C23H29ClO4/c1-5-16-9-15(8-14(2)22(25)26)6-7-20(16)27-13-18-11-19(24)10-17-12-23(3,4)28-21(17)18/h9-11,14H,5-8,12-13H2,1-4H3,(H,25,26). The highest BCUT2D eigenvalue weighted by Crippen LogP contribution is 2.40. The van der Waals surface area contributed by atoms with Crippen molar-refractivity contribution in [3.63, 3.8) is 0 Å². The van der Waals surface area contributed by atoms with Gasteiger partial charge in [0.15, 0.2) is 0 Å². The molecule has 1 unspecified atom stereocenters. The average Bonchev–Trinajstić information content (AvgIpc) is 2.93. The number of ether oxygens (including phenoxy) is 2. The lowest BCUT2D eigenvalue weighted by molar-refractivity contribution is -0.141. The van der Waals surface area contributed by atoms with Gasteiger partial charge in [0, 0.05) is 23.4 Å². The fraction of sp³-hybridized carbons (Fsp3) is 0.522. The van der Waals surface area contributed by atoms with E-state index in [1.54, 1.807) is 6.92 Å². The zero-order valence-electron chi connectivity index (χ0n) is 17.1. The van der Waals surface area contributed by atoms with Gasteiger partial charge in [0.25, 0.3) is 0 Å². The molecular formula is C23H29ClO4. The minimum atomic E-state index is -0.747. The van der Waals surface area contributed by atoms with E-state index < -0.39 is 5.97 Å². The molecule has 5 heteroatoms. The molecule has 3 rings (SSSR count). The third-order valence-electron chi connectivity index (χ3n) is 5.38. The van der Waals surface area contributed by atoms with E-state index in [4.69, 9.17) is 26.2 Å². The van der Waals surface area contributed by atoms with Gasteiger partial charge in [0.05, 0.1) is 11.7 Å². The zero-order chi connectivity index (χ0) is 20.5. The number of benzene rings is 1. The Kier molecular flexibility index (Phi) is 6.09. The molecule has 1 N–H and O–H groups in total. The summed E-state index contributed by atoms with van der Waals surface area (Å²) in [7, 11) is 0. The Balaban J connectivity index is 1.75. The number of carboxylic acid groups (broad SMARTS) is 1. The summed E-state index contributed by atoms with van der Waals surface area (Å²) in [5, 5.41) is 9.85. The molecule has 0 radical (unpaired) electrons. The topological polar surface area (TPSA) is 55.8 Å². The second-order valence-corrected chi connectivity index (χ2v) is 8.86. The molecule has 1 aromatic rings. The number of fused-ring (bicyclic) bond motifs is 1. The first-order valence-electron chi connectivity index (χ1n) is 9.96. The second-order valence-electron chi connectivity index (χ2n) is 8.43. The number of carbonyl (C=O) groups is 1. The normalized spacial score (nSPS) is 19.0. The van der Waals surface area contributed by atoms with E-state index in [1.807, 2.05) is 12.1 Å². The molecule has 1 aromatic carbocycles. The first kappa shape index (κ1) is 20.8. The van der Waals surface area contributed by atoms with Crippen LogP contribution in [-0.4, -0.2) is 16.7 Å². The van der Waals surface area contributed by atoms with Crippen LogP contribution in [-0.2, 0) is 22.6 Å². The average molecular weight is 405 g/mol. The van der Waals surface area contributed by atoms with Gasteiger partial charge in [-0.3, -0.25) is 4.79 Å². The highest BCUT2D eigenvalue weighted by Gasteiger charge is 2.32. The lowest BCUT2D eigenvalue weighted by atomic mass is 9.90. The van der Waals surface area contributed by atoms with E-state index in [2.05, 4.69) is 26.8 Å². The fourth-order valence-corrected chi connectivity index (χ4v) is 4.22. The first-order valence-corrected chi connectivity index (χ1v) is 10.3. The summed E-state index contributed by atoms with van der Waals surface area (Å²) < 4.78 is 12.3. The molecule has 2 aliphatic rings. The molecule has 1 heterocycles. The molecule has 0 fully saturated rings. The maximum Gasteiger partial charge on any atom is 0.306 e. The molecule has 0 saturated carbocycles. The lowest BCUT2D eigenvalue weighted by Gasteiger charge is -2.22. The molecule has 152 valence electrons. The smallest absolute Gasteiger partial charge is 0.306 e. The Labute approximate surface area is 172 Å². The molecule has 0 saturated heterocycles. The molecule has 0 aromatic heterocycles. The Morgan fingerprint density at radius 3 is 2.79 bits per heavy atom. The summed E-state index contributed by atoms with van der Waals surface area (Å²) >= 11 is 6.31. The fourth-order valence-electron chi connectivity index (χ4n) is 3.96. The van der Waals surface area contributed by atoms with Gasteiger partial charge in [-0.1, -0.05) is 37.1 Å². The molecule has 28 heavy (non-hydrogen) atoms. The van der Waals surface area contributed by atoms with Crippen LogP contribution < -0.4 is 4.74 Å². The third-order valence-corrected chi connectivity index (χ3v) is 5.60. The maximum atomic E-state index is 11.1. The summed E-state index contributed by atoms with van der Waals surface area (Å²) in [6.45, 7) is 8.43. The Morgan fingerprint density at radius 1 is 1.36 bits per heavy atom. The van der Waals surface area contributed by atoms with E-state index in [1.165, 1.54) is 5.57 Å². The molecule has 1 atom stereocenters. The number of aliphatic carboxylic acids is 1. The van der Waals surface area contributed by atoms with Gasteiger partial charge in [-0.15, -0.1) is 0 Å². The quantitative estimate of drug-likeness (QED) is 0.599. The van der Waals surface area contributed by atoms with E-state index in [9.17, 15) is 4.79 Å². The zero-order valence-corrected chi connectivity index (χ0v) is 17.9. The van der Waals surface area contributed by atoms with Crippen LogP contribution in [0.25, 0.3) is 0 Å². The first-order chi connectivity index (χ1) is 13.2. The summed E-state index contributed by atoms with van der Waals surface area (Å²) in [5.74, 6) is 0.777. The highest BCUT2D eigenvalue weighted by atomic mass is 35.5. The molecule has 0 amide bonds. The van der Waals surface area contributed by atoms with Gasteiger partial charge in [0.1, 0.15) is 18.0 Å². The van der Waals surface area contributed by atoms with Gasteiger partial charge >= 0.3 is 5.97 Å². The Bertz CT molecular complexity index is 835. The van der Waals surface area contributed by atoms with Crippen molar-refractivity contribution in [2.75, 3.05) is 0 Å². The van der Waals surface area contributed by atoms with Crippen LogP contribution in [0.4, 0.5) is 0 Å². The van der Waals surface area contributed by atoms with Crippen LogP contribution in [0.1, 0.15) is 64.5 Å². The number of halogens is 1. The van der Waals surface area contributed by atoms with Crippen LogP contribution in [0, 0.1) is 5.92 Å². The van der Waals surface area contributed by atoms with Crippen molar-refractivity contribution >= 4 is 17.6 Å². The Morgan fingerprint density at radius 2 is 2.11 bits per heavy atom. The number of hydrogen-bond donors (Lipinski definition) is 1. The number of rotatable bonds is 7. The Hall–Kier alpha value is -1.94. The molecule has 4 nitrogen and oxygen atoms in total. The largest absolute Gasteiger partial charge is 0.493 e. The highest BCUT2D eigenvalue weighted by molar-refractivity contribution is 6.30. The van der Waals surface area contributed by atoms with Crippen LogP contribution in [0.5, 0.6) is 5.75 Å². The molecule has 1 aliphatic heterocycles. The van der Waals surface area contributed by atoms with Crippen LogP contribution in [0.2, 0.25) is 5.02 Å². The molecular weight excluding hydrogens is 376 g/mol. The van der Waals surface area contributed by atoms with E-state index in [0.717, 1.165) is 53.9 Å². The van der Waals surface area contributed by atoms with E-state index in [0.29, 0.717) is 18.1 Å². The van der Waals surface area contributed by atoms with Crippen LogP contribution in [0.15, 0.2) is 35.1 Å². The number of hydrogen-bond acceptors (Lipinski definition) is 3. The van der Waals surface area contributed by atoms with Crippen molar-refractivity contribution in [1.29, 1.82) is 0 Å². The summed E-state index contributed by atoms with van der Waals surface area (Å²) in [6.07, 6.45) is 6.06. The number of allylic oxidation sites excluding steroid dienone is 4. The monoisotopic (exact) mass is 404 g/mol. The van der Waals surface area contributed by atoms with Crippen molar-refractivity contribution in [2.45, 2.75) is 72.0 Å². The van der Waals surface area contributed by atoms with Crippen molar-refractivity contribution in [3.8, 4) is 5.75 Å². The van der Waals surface area contributed by atoms with Crippen molar-refractivity contribution in [3.05, 3.63) is 51.3 Å². The maximum absolute atomic E-state index is 11.1. The van der Waals surface area contributed by atoms with Crippen molar-refractivity contribution < 1.29 is 19.4 Å². The molecule has 0 bridgehead atoms. The van der Waals surface area contributed by atoms with Gasteiger partial charge in [0.2, 0.25) is 0 Å². The van der Waals surface area contributed by atoms with Crippen LogP contribution >= 0.6 is 11.6 Å². The predicted molar refractivity (Wildman–Crippen MR) is 111 cm³/mol. The molecule has 1 aliphatic carbocycles. The summed E-state index contributed by atoms with van der Waals surface area (Å²) in [6, 6.07) is 3.90. The van der Waals surface area contributed by atoms with Gasteiger partial charge in [-0.05, 0) is 56.4 Å². The minimum Gasteiger partial charge on any atom is -0.493 e.